The van der Waals surface area contributed by atoms with Crippen molar-refractivity contribution in [3.05, 3.63) is 158 Å². The van der Waals surface area contributed by atoms with Gasteiger partial charge in [0.1, 0.15) is 0 Å². The van der Waals surface area contributed by atoms with Gasteiger partial charge >= 0.3 is 0 Å². The summed E-state index contributed by atoms with van der Waals surface area (Å²) in [4.78, 5) is 9.58. The van der Waals surface area contributed by atoms with Crippen molar-refractivity contribution >= 4 is 74.9 Å². The van der Waals surface area contributed by atoms with Gasteiger partial charge < -0.3 is 0 Å². The number of pyridine rings is 2. The van der Waals surface area contributed by atoms with E-state index >= 15 is 0 Å². The highest BCUT2D eigenvalue weighted by Gasteiger charge is 2.17. The third kappa shape index (κ3) is 4.10. The SMILES string of the molecule is c1cnc2c(c1)cc(-c1cc(-c3cc4cccnc4c4ccccc34)cc(-c3cccc4c3sc3ccccc34)c1)c1ccccc12. The van der Waals surface area contributed by atoms with Crippen LogP contribution in [0.1, 0.15) is 0 Å². The molecule has 3 heterocycles. The molecule has 0 radical (unpaired) electrons. The van der Waals surface area contributed by atoms with E-state index in [2.05, 4.69) is 133 Å². The number of rotatable bonds is 3. The largest absolute Gasteiger partial charge is 0.256 e. The van der Waals surface area contributed by atoms with E-state index in [9.17, 15) is 0 Å². The average Bonchev–Trinajstić information content (AvgIpc) is 3.53. The molecule has 0 aliphatic carbocycles. The number of aromatic nitrogens is 2. The Labute approximate surface area is 275 Å². The molecular weight excluding hydrogens is 589 g/mol. The Balaban J connectivity index is 1.33. The first-order valence-corrected chi connectivity index (χ1v) is 16.7. The number of nitrogens with zero attached hydrogens (tertiary/aromatic N) is 2. The molecule has 0 saturated carbocycles. The fourth-order valence-electron chi connectivity index (χ4n) is 7.38. The fraction of sp³-hybridized carbons (Fsp3) is 0. The highest BCUT2D eigenvalue weighted by Crippen LogP contribution is 2.44. The van der Waals surface area contributed by atoms with Crippen LogP contribution in [0.15, 0.2) is 158 Å². The van der Waals surface area contributed by atoms with Crippen LogP contribution in [0.2, 0.25) is 0 Å². The van der Waals surface area contributed by atoms with Gasteiger partial charge in [0, 0.05) is 54.1 Å². The second kappa shape index (κ2) is 10.3. The Morgan fingerprint density at radius 1 is 0.362 bits per heavy atom. The normalized spacial score (nSPS) is 11.8. The Morgan fingerprint density at radius 3 is 1.45 bits per heavy atom. The van der Waals surface area contributed by atoms with Gasteiger partial charge in [0.15, 0.2) is 0 Å². The topological polar surface area (TPSA) is 25.8 Å². The van der Waals surface area contributed by atoms with Crippen molar-refractivity contribution in [3.8, 4) is 33.4 Å². The summed E-state index contributed by atoms with van der Waals surface area (Å²) in [6, 6.07) is 53.0. The monoisotopic (exact) mass is 614 g/mol. The number of hydrogen-bond acceptors (Lipinski definition) is 3. The molecule has 0 aliphatic rings. The lowest BCUT2D eigenvalue weighted by Gasteiger charge is -2.16. The highest BCUT2D eigenvalue weighted by atomic mass is 32.1. The van der Waals surface area contributed by atoms with E-state index in [1.54, 1.807) is 0 Å². The van der Waals surface area contributed by atoms with Crippen molar-refractivity contribution in [3.63, 3.8) is 0 Å². The van der Waals surface area contributed by atoms with Crippen LogP contribution in [0, 0.1) is 0 Å². The van der Waals surface area contributed by atoms with Gasteiger partial charge in [-0.3, -0.25) is 9.97 Å². The minimum Gasteiger partial charge on any atom is -0.256 e. The van der Waals surface area contributed by atoms with Crippen LogP contribution in [0.4, 0.5) is 0 Å². The summed E-state index contributed by atoms with van der Waals surface area (Å²) in [7, 11) is 0. The van der Waals surface area contributed by atoms with Gasteiger partial charge in [-0.2, -0.15) is 0 Å². The highest BCUT2D eigenvalue weighted by molar-refractivity contribution is 7.26. The van der Waals surface area contributed by atoms with Gasteiger partial charge in [-0.25, -0.2) is 0 Å². The standard InChI is InChI=1S/C44H26N2S/c1-3-15-36-33(12-1)39(25-27-10-8-20-45-42(27)36)30-22-29(32-17-7-18-38-35-14-5-6-19-41(35)47-44(32)38)23-31(24-30)40-26-28-11-9-21-46-43(28)37-16-4-2-13-34(37)40/h1-26H. The third-order valence-corrected chi connectivity index (χ3v) is 10.7. The van der Waals surface area contributed by atoms with E-state index < -0.39 is 0 Å². The van der Waals surface area contributed by atoms with Gasteiger partial charge in [0.2, 0.25) is 0 Å². The summed E-state index contributed by atoms with van der Waals surface area (Å²) in [6.45, 7) is 0. The lowest BCUT2D eigenvalue weighted by molar-refractivity contribution is 1.43. The smallest absolute Gasteiger partial charge is 0.0780 e. The Bertz CT molecular complexity index is 2730. The number of hydrogen-bond donors (Lipinski definition) is 0. The summed E-state index contributed by atoms with van der Waals surface area (Å²) in [6.07, 6.45) is 3.77. The molecule has 0 unspecified atom stereocenters. The van der Waals surface area contributed by atoms with Gasteiger partial charge in [-0.1, -0.05) is 97.1 Å². The lowest BCUT2D eigenvalue weighted by atomic mass is 9.88. The van der Waals surface area contributed by atoms with Gasteiger partial charge in [-0.05, 0) is 92.7 Å². The Hall–Kier alpha value is -5.90. The zero-order chi connectivity index (χ0) is 30.9. The summed E-state index contributed by atoms with van der Waals surface area (Å²) in [5, 5.41) is 9.64. The quantitative estimate of drug-likeness (QED) is 0.185. The van der Waals surface area contributed by atoms with Crippen LogP contribution in [0.25, 0.3) is 96.9 Å². The molecule has 3 heteroatoms. The Morgan fingerprint density at radius 2 is 0.851 bits per heavy atom. The predicted molar refractivity (Wildman–Crippen MR) is 201 cm³/mol. The van der Waals surface area contributed by atoms with E-state index in [1.807, 2.05) is 35.9 Å². The molecule has 10 aromatic rings. The summed E-state index contributed by atoms with van der Waals surface area (Å²) >= 11 is 1.88. The maximum atomic E-state index is 4.79. The fourth-order valence-corrected chi connectivity index (χ4v) is 8.62. The van der Waals surface area contributed by atoms with Crippen LogP contribution in [-0.4, -0.2) is 9.97 Å². The first-order valence-electron chi connectivity index (χ1n) is 15.9. The van der Waals surface area contributed by atoms with Crippen molar-refractivity contribution in [1.29, 1.82) is 0 Å². The van der Waals surface area contributed by atoms with Crippen LogP contribution < -0.4 is 0 Å². The molecule has 10 rings (SSSR count). The number of benzene rings is 7. The Kier molecular flexibility index (Phi) is 5.78. The summed E-state index contributed by atoms with van der Waals surface area (Å²) < 4.78 is 2.63. The molecule has 0 fully saturated rings. The second-order valence-electron chi connectivity index (χ2n) is 12.2. The molecule has 0 N–H and O–H groups in total. The maximum Gasteiger partial charge on any atom is 0.0780 e. The van der Waals surface area contributed by atoms with E-state index in [4.69, 9.17) is 9.97 Å². The van der Waals surface area contributed by atoms with Gasteiger partial charge in [0.25, 0.3) is 0 Å². The second-order valence-corrected chi connectivity index (χ2v) is 13.2. The maximum absolute atomic E-state index is 4.79. The van der Waals surface area contributed by atoms with Crippen molar-refractivity contribution in [2.75, 3.05) is 0 Å². The molecule has 0 saturated heterocycles. The van der Waals surface area contributed by atoms with E-state index in [0.717, 1.165) is 21.8 Å². The van der Waals surface area contributed by atoms with Crippen molar-refractivity contribution in [2.24, 2.45) is 0 Å². The zero-order valence-corrected chi connectivity index (χ0v) is 26.1. The van der Waals surface area contributed by atoms with E-state index in [0.29, 0.717) is 0 Å². The van der Waals surface area contributed by atoms with Crippen molar-refractivity contribution in [2.45, 2.75) is 0 Å². The van der Waals surface area contributed by atoms with E-state index in [-0.39, 0.29) is 0 Å². The number of fused-ring (bicyclic) bond motifs is 9. The average molecular weight is 615 g/mol. The van der Waals surface area contributed by atoms with E-state index in [1.165, 1.54) is 75.1 Å². The number of thiophene rings is 1. The van der Waals surface area contributed by atoms with Crippen molar-refractivity contribution < 1.29 is 0 Å². The van der Waals surface area contributed by atoms with Gasteiger partial charge in [0.05, 0.1) is 11.0 Å². The van der Waals surface area contributed by atoms with Crippen LogP contribution in [0.5, 0.6) is 0 Å². The summed E-state index contributed by atoms with van der Waals surface area (Å²) in [5.41, 5.74) is 9.32. The molecule has 2 nitrogen and oxygen atoms in total. The molecule has 0 bridgehead atoms. The molecule has 0 spiro atoms. The van der Waals surface area contributed by atoms with Crippen molar-refractivity contribution in [1.82, 2.24) is 9.97 Å². The molecular formula is C44H26N2S. The van der Waals surface area contributed by atoms with Crippen LogP contribution in [-0.2, 0) is 0 Å². The molecule has 47 heavy (non-hydrogen) atoms. The minimum absolute atomic E-state index is 1.03. The van der Waals surface area contributed by atoms with Crippen LogP contribution in [0.3, 0.4) is 0 Å². The van der Waals surface area contributed by atoms with Gasteiger partial charge in [-0.15, -0.1) is 11.3 Å². The summed E-state index contributed by atoms with van der Waals surface area (Å²) in [5.74, 6) is 0. The van der Waals surface area contributed by atoms with Crippen LogP contribution >= 0.6 is 11.3 Å². The molecule has 0 atom stereocenters. The third-order valence-electron chi connectivity index (χ3n) is 9.49. The first kappa shape index (κ1) is 26.3. The minimum atomic E-state index is 1.03. The molecule has 0 amide bonds. The molecule has 0 aliphatic heterocycles. The molecule has 218 valence electrons. The molecule has 7 aromatic carbocycles. The predicted octanol–water partition coefficient (Wildman–Crippen LogP) is 12.5. The zero-order valence-electron chi connectivity index (χ0n) is 25.3. The first-order chi connectivity index (χ1) is 23.3. The lowest BCUT2D eigenvalue weighted by Crippen LogP contribution is -1.91. The molecule has 3 aromatic heterocycles.